The van der Waals surface area contributed by atoms with Gasteiger partial charge in [0.15, 0.2) is 0 Å². The second-order valence-electron chi connectivity index (χ2n) is 6.67. The molecule has 0 unspecified atom stereocenters. The molecule has 0 aliphatic heterocycles. The number of nitrogens with one attached hydrogen (secondary N) is 2. The summed E-state index contributed by atoms with van der Waals surface area (Å²) in [5.74, 6) is 0.365. The van der Waals surface area contributed by atoms with Gasteiger partial charge in [0.25, 0.3) is 11.5 Å². The first-order chi connectivity index (χ1) is 12.1. The van der Waals surface area contributed by atoms with Gasteiger partial charge in [-0.25, -0.2) is 5.10 Å². The summed E-state index contributed by atoms with van der Waals surface area (Å²) in [4.78, 5) is 23.2. The van der Waals surface area contributed by atoms with Crippen LogP contribution in [0.3, 0.4) is 0 Å². The van der Waals surface area contributed by atoms with Crippen LogP contribution in [-0.4, -0.2) is 22.2 Å². The summed E-state index contributed by atoms with van der Waals surface area (Å²) in [6.45, 7) is 2.81. The Morgan fingerprint density at radius 3 is 2.96 bits per heavy atom. The number of aromatic amines is 1. The Morgan fingerprint density at radius 1 is 1.32 bits per heavy atom. The van der Waals surface area contributed by atoms with Gasteiger partial charge in [-0.2, -0.15) is 5.10 Å². The summed E-state index contributed by atoms with van der Waals surface area (Å²) < 4.78 is 6.03. The second kappa shape index (κ2) is 8.07. The molecule has 6 heteroatoms. The van der Waals surface area contributed by atoms with Crippen molar-refractivity contribution in [2.75, 3.05) is 5.32 Å². The van der Waals surface area contributed by atoms with E-state index in [1.165, 1.54) is 25.0 Å². The van der Waals surface area contributed by atoms with Crippen LogP contribution in [0.5, 0.6) is 0 Å². The van der Waals surface area contributed by atoms with Crippen molar-refractivity contribution >= 4 is 11.6 Å². The molecule has 0 saturated heterocycles. The van der Waals surface area contributed by atoms with Crippen molar-refractivity contribution < 1.29 is 9.53 Å². The molecule has 2 N–H and O–H groups in total. The Balaban J connectivity index is 1.58. The van der Waals surface area contributed by atoms with Gasteiger partial charge < -0.3 is 10.1 Å². The number of anilines is 1. The molecular formula is C19H23N3O3. The number of carbonyl (C=O) groups excluding carboxylic acids is 1. The predicted octanol–water partition coefficient (Wildman–Crippen LogP) is 3.12. The number of amides is 1. The van der Waals surface area contributed by atoms with E-state index in [1.807, 2.05) is 24.3 Å². The van der Waals surface area contributed by atoms with Crippen LogP contribution in [-0.2, 0) is 11.3 Å². The van der Waals surface area contributed by atoms with E-state index in [4.69, 9.17) is 4.74 Å². The lowest BCUT2D eigenvalue weighted by Gasteiger charge is -2.26. The summed E-state index contributed by atoms with van der Waals surface area (Å²) in [7, 11) is 0. The maximum absolute atomic E-state index is 12.2. The molecule has 0 bridgehead atoms. The highest BCUT2D eigenvalue weighted by Crippen LogP contribution is 2.26. The Bertz CT molecular complexity index is 767. The first kappa shape index (κ1) is 17.4. The molecule has 1 aliphatic carbocycles. The summed E-state index contributed by atoms with van der Waals surface area (Å²) >= 11 is 0. The Hall–Kier alpha value is -2.47. The molecule has 0 radical (unpaired) electrons. The molecule has 6 nitrogen and oxygen atoms in total. The number of benzene rings is 1. The van der Waals surface area contributed by atoms with Gasteiger partial charge >= 0.3 is 0 Å². The first-order valence-corrected chi connectivity index (χ1v) is 8.68. The maximum atomic E-state index is 12.2. The van der Waals surface area contributed by atoms with Gasteiger partial charge in [0, 0.05) is 11.8 Å². The van der Waals surface area contributed by atoms with E-state index in [9.17, 15) is 9.59 Å². The van der Waals surface area contributed by atoms with Crippen LogP contribution in [0, 0.1) is 5.92 Å². The lowest BCUT2D eigenvalue weighted by molar-refractivity contribution is 0.00468. The molecule has 1 aromatic heterocycles. The minimum absolute atomic E-state index is 0.164. The monoisotopic (exact) mass is 341 g/mol. The highest BCUT2D eigenvalue weighted by atomic mass is 16.5. The molecule has 2 atom stereocenters. The van der Waals surface area contributed by atoms with Crippen LogP contribution in [0.4, 0.5) is 5.69 Å². The van der Waals surface area contributed by atoms with Gasteiger partial charge in [0.2, 0.25) is 0 Å². The fourth-order valence-electron chi connectivity index (χ4n) is 3.15. The lowest BCUT2D eigenvalue weighted by atomic mass is 9.89. The number of carbonyl (C=O) groups is 1. The minimum Gasteiger partial charge on any atom is -0.374 e. The van der Waals surface area contributed by atoms with Crippen LogP contribution >= 0.6 is 0 Å². The van der Waals surface area contributed by atoms with Crippen LogP contribution in [0.25, 0.3) is 0 Å². The lowest BCUT2D eigenvalue weighted by Crippen LogP contribution is -2.21. The fourth-order valence-corrected chi connectivity index (χ4v) is 3.15. The second-order valence-corrected chi connectivity index (χ2v) is 6.67. The number of hydrogen-bond donors (Lipinski definition) is 2. The molecule has 1 aliphatic rings. The summed E-state index contributed by atoms with van der Waals surface area (Å²) in [6, 6.07) is 10.3. The fraction of sp³-hybridized carbons (Fsp3) is 0.421. The summed E-state index contributed by atoms with van der Waals surface area (Å²) in [6.07, 6.45) is 5.09. The normalized spacial score (nSPS) is 20.2. The molecule has 2 aromatic rings. The highest BCUT2D eigenvalue weighted by Gasteiger charge is 2.19. The Kier molecular flexibility index (Phi) is 5.60. The largest absolute Gasteiger partial charge is 0.374 e. The molecule has 1 heterocycles. The summed E-state index contributed by atoms with van der Waals surface area (Å²) in [5, 5.41) is 8.76. The molecule has 1 fully saturated rings. The van der Waals surface area contributed by atoms with Crippen LogP contribution < -0.4 is 10.9 Å². The van der Waals surface area contributed by atoms with E-state index >= 15 is 0 Å². The van der Waals surface area contributed by atoms with E-state index in [2.05, 4.69) is 22.4 Å². The number of ether oxygens (including phenoxy) is 1. The molecule has 0 spiro atoms. The quantitative estimate of drug-likeness (QED) is 0.875. The SMILES string of the molecule is C[C@@H]1CCC[C@H](OCc2cccc(NC(=O)c3ccc(=O)[nH]n3)c2)C1. The Morgan fingerprint density at radius 2 is 2.20 bits per heavy atom. The van der Waals surface area contributed by atoms with Crippen LogP contribution in [0.2, 0.25) is 0 Å². The molecule has 1 amide bonds. The van der Waals surface area contributed by atoms with E-state index in [0.717, 1.165) is 24.3 Å². The molecule has 132 valence electrons. The Labute approximate surface area is 146 Å². The number of hydrogen-bond acceptors (Lipinski definition) is 4. The third-order valence-corrected chi connectivity index (χ3v) is 4.47. The summed E-state index contributed by atoms with van der Waals surface area (Å²) in [5.41, 5.74) is 1.52. The topological polar surface area (TPSA) is 84.1 Å². The van der Waals surface area contributed by atoms with E-state index in [-0.39, 0.29) is 17.2 Å². The van der Waals surface area contributed by atoms with Crippen LogP contribution in [0.15, 0.2) is 41.2 Å². The minimum atomic E-state index is -0.365. The van der Waals surface area contributed by atoms with E-state index in [0.29, 0.717) is 18.4 Å². The standard InChI is InChI=1S/C19H23N3O3/c1-13-4-2-7-16(10-13)25-12-14-5-3-6-15(11-14)20-19(24)17-8-9-18(23)22-21-17/h3,5-6,8-9,11,13,16H,2,4,7,10,12H2,1H3,(H,20,24)(H,22,23)/t13-,16+/m1/s1. The van der Waals surface area contributed by atoms with E-state index < -0.39 is 0 Å². The van der Waals surface area contributed by atoms with Crippen molar-refractivity contribution in [3.63, 3.8) is 0 Å². The van der Waals surface area contributed by atoms with E-state index in [1.54, 1.807) is 0 Å². The first-order valence-electron chi connectivity index (χ1n) is 8.68. The van der Waals surface area contributed by atoms with Gasteiger partial charge in [-0.05, 0) is 42.5 Å². The van der Waals surface area contributed by atoms with Gasteiger partial charge in [-0.1, -0.05) is 31.9 Å². The number of nitrogens with zero attached hydrogens (tertiary/aromatic N) is 1. The number of aromatic nitrogens is 2. The number of rotatable bonds is 5. The molecule has 3 rings (SSSR count). The van der Waals surface area contributed by atoms with Crippen molar-refractivity contribution in [1.82, 2.24) is 10.2 Å². The molecular weight excluding hydrogens is 318 g/mol. The third-order valence-electron chi connectivity index (χ3n) is 4.47. The zero-order chi connectivity index (χ0) is 17.6. The zero-order valence-corrected chi connectivity index (χ0v) is 14.3. The molecule has 25 heavy (non-hydrogen) atoms. The predicted molar refractivity (Wildman–Crippen MR) is 95.5 cm³/mol. The van der Waals surface area contributed by atoms with Gasteiger partial charge in [0.05, 0.1) is 12.7 Å². The smallest absolute Gasteiger partial charge is 0.276 e. The van der Waals surface area contributed by atoms with Gasteiger partial charge in [-0.3, -0.25) is 9.59 Å². The molecule has 1 saturated carbocycles. The van der Waals surface area contributed by atoms with Crippen molar-refractivity contribution in [2.24, 2.45) is 5.92 Å². The van der Waals surface area contributed by atoms with Crippen molar-refractivity contribution in [1.29, 1.82) is 0 Å². The van der Waals surface area contributed by atoms with Crippen molar-refractivity contribution in [3.8, 4) is 0 Å². The average Bonchev–Trinajstić information content (AvgIpc) is 2.61. The third kappa shape index (κ3) is 5.00. The van der Waals surface area contributed by atoms with Crippen molar-refractivity contribution in [3.05, 3.63) is 58.0 Å². The van der Waals surface area contributed by atoms with Crippen molar-refractivity contribution in [2.45, 2.75) is 45.3 Å². The van der Waals surface area contributed by atoms with Crippen LogP contribution in [0.1, 0.15) is 48.7 Å². The zero-order valence-electron chi connectivity index (χ0n) is 14.3. The highest BCUT2D eigenvalue weighted by molar-refractivity contribution is 6.02. The van der Waals surface area contributed by atoms with Gasteiger partial charge in [-0.15, -0.1) is 0 Å². The molecule has 1 aromatic carbocycles. The van der Waals surface area contributed by atoms with Gasteiger partial charge in [0.1, 0.15) is 5.69 Å². The maximum Gasteiger partial charge on any atom is 0.276 e. The average molecular weight is 341 g/mol. The number of H-pyrrole nitrogens is 1.